The summed E-state index contributed by atoms with van der Waals surface area (Å²) >= 11 is 0. The van der Waals surface area contributed by atoms with Crippen LogP contribution in [0.25, 0.3) is 5.76 Å². The van der Waals surface area contributed by atoms with Gasteiger partial charge in [-0.1, -0.05) is 0 Å². The number of aliphatic hydroxyl groups excluding tert-OH is 2. The molecule has 0 aliphatic heterocycles. The minimum absolute atomic E-state index is 0.0325. The first kappa shape index (κ1) is 25.3. The van der Waals surface area contributed by atoms with Crippen LogP contribution in [0.2, 0.25) is 0 Å². The minimum Gasteiger partial charge on any atom is -0.508 e. The third-order valence-electron chi connectivity index (χ3n) is 7.48. The Morgan fingerprint density at radius 3 is 2.14 bits per heavy atom. The zero-order valence-corrected chi connectivity index (χ0v) is 20.1. The lowest BCUT2D eigenvalue weighted by Gasteiger charge is -2.50. The van der Waals surface area contributed by atoms with E-state index in [0.717, 1.165) is 6.92 Å². The fourth-order valence-corrected chi connectivity index (χ4v) is 5.89. The number of benzene rings is 1. The Morgan fingerprint density at radius 2 is 1.64 bits per heavy atom. The van der Waals surface area contributed by atoms with Gasteiger partial charge in [-0.2, -0.15) is 0 Å². The molecule has 4 atom stereocenters. The van der Waals surface area contributed by atoms with E-state index in [4.69, 9.17) is 5.73 Å². The molecule has 11 nitrogen and oxygen atoms in total. The quantitative estimate of drug-likeness (QED) is 0.286. The van der Waals surface area contributed by atoms with Gasteiger partial charge in [0, 0.05) is 17.1 Å². The van der Waals surface area contributed by atoms with Gasteiger partial charge in [0.05, 0.1) is 17.2 Å². The van der Waals surface area contributed by atoms with Crippen LogP contribution in [-0.2, 0) is 20.8 Å². The number of ketones is 4. The Hall–Kier alpha value is -3.83. The summed E-state index contributed by atoms with van der Waals surface area (Å²) in [7, 11) is 3.01. The summed E-state index contributed by atoms with van der Waals surface area (Å²) in [4.78, 5) is 64.8. The van der Waals surface area contributed by atoms with Crippen molar-refractivity contribution in [2.45, 2.75) is 38.3 Å². The lowest BCUT2D eigenvalue weighted by Crippen LogP contribution is -2.65. The molecular weight excluding hydrogens is 472 g/mol. The van der Waals surface area contributed by atoms with Gasteiger partial charge < -0.3 is 26.2 Å². The molecule has 1 saturated carbocycles. The second-order valence-electron chi connectivity index (χ2n) is 9.75. The van der Waals surface area contributed by atoms with Crippen molar-refractivity contribution in [2.24, 2.45) is 17.6 Å². The molecule has 1 fully saturated rings. The molecule has 4 rings (SSSR count). The molecule has 0 aromatic heterocycles. The molecule has 1 amide bonds. The summed E-state index contributed by atoms with van der Waals surface area (Å²) in [5.74, 6) is -8.97. The summed E-state index contributed by atoms with van der Waals surface area (Å²) in [6.07, 6.45) is -0.131. The van der Waals surface area contributed by atoms with Gasteiger partial charge >= 0.3 is 0 Å². The van der Waals surface area contributed by atoms with Gasteiger partial charge in [-0.25, -0.2) is 0 Å². The summed E-state index contributed by atoms with van der Waals surface area (Å²) in [5.41, 5.74) is 1.04. The molecule has 0 radical (unpaired) electrons. The number of phenols is 1. The molecule has 36 heavy (non-hydrogen) atoms. The zero-order chi connectivity index (χ0) is 27.0. The highest BCUT2D eigenvalue weighted by molar-refractivity contribution is 6.24. The third-order valence-corrected chi connectivity index (χ3v) is 7.48. The predicted octanol–water partition coefficient (Wildman–Crippen LogP) is 0.369. The Morgan fingerprint density at radius 1 is 1.06 bits per heavy atom. The molecule has 0 spiro atoms. The van der Waals surface area contributed by atoms with E-state index in [2.05, 4.69) is 0 Å². The summed E-state index contributed by atoms with van der Waals surface area (Å²) in [6, 6.07) is 0.0293. The molecule has 0 saturated heterocycles. The number of carbonyl (C=O) groups excluding carboxylic acids is 5. The number of hydrogen-bond donors (Lipinski definition) is 5. The second kappa shape index (κ2) is 8.10. The van der Waals surface area contributed by atoms with Crippen molar-refractivity contribution < 1.29 is 44.4 Å². The van der Waals surface area contributed by atoms with Crippen molar-refractivity contribution in [2.75, 3.05) is 14.1 Å². The van der Waals surface area contributed by atoms with E-state index in [1.165, 1.54) is 32.0 Å². The number of aliphatic hydroxyl groups is 3. The molecule has 3 aliphatic rings. The van der Waals surface area contributed by atoms with Crippen molar-refractivity contribution in [1.29, 1.82) is 0 Å². The van der Waals surface area contributed by atoms with Crippen LogP contribution in [0.15, 0.2) is 23.0 Å². The fraction of sp³-hybridized carbons (Fsp3) is 0.400. The monoisotopic (exact) mass is 498 g/mol. The Bertz CT molecular complexity index is 1350. The zero-order valence-electron chi connectivity index (χ0n) is 20.1. The molecule has 3 aliphatic carbocycles. The molecule has 11 heteroatoms. The van der Waals surface area contributed by atoms with Gasteiger partial charge in [0.25, 0.3) is 5.91 Å². The van der Waals surface area contributed by atoms with Gasteiger partial charge in [0.1, 0.15) is 22.8 Å². The highest BCUT2D eigenvalue weighted by Gasteiger charge is 2.64. The van der Waals surface area contributed by atoms with E-state index in [1.807, 2.05) is 0 Å². The standard InChI is InChI=1S/C25H26N2O9/c1-8(28)11-7-12(9(2)29)19(30)16-13(11)5-10-6-14-18(27(3)4)21(32)17(24(26)35)23(34)25(14,36)22(33)15(10)20(16)31/h7,10,14,18,30-31,34,36H,5-6H2,1-4H3,(H2,26,35). The molecule has 0 heterocycles. The van der Waals surface area contributed by atoms with Gasteiger partial charge in [0.15, 0.2) is 23.0 Å². The van der Waals surface area contributed by atoms with Crippen molar-refractivity contribution in [1.82, 2.24) is 4.90 Å². The van der Waals surface area contributed by atoms with Crippen LogP contribution in [-0.4, -0.2) is 80.1 Å². The maximum atomic E-state index is 13.8. The summed E-state index contributed by atoms with van der Waals surface area (Å²) < 4.78 is 0. The number of rotatable bonds is 4. The van der Waals surface area contributed by atoms with Crippen molar-refractivity contribution in [3.8, 4) is 5.75 Å². The van der Waals surface area contributed by atoms with Crippen LogP contribution in [0, 0.1) is 11.8 Å². The molecule has 1 aromatic carbocycles. The van der Waals surface area contributed by atoms with Crippen LogP contribution in [0.4, 0.5) is 0 Å². The maximum Gasteiger partial charge on any atom is 0.255 e. The number of nitrogens with zero attached hydrogens (tertiary/aromatic N) is 1. The minimum atomic E-state index is -2.76. The molecule has 6 N–H and O–H groups in total. The van der Waals surface area contributed by atoms with E-state index in [0.29, 0.717) is 0 Å². The number of phenolic OH excluding ortho intramolecular Hbond substituents is 1. The van der Waals surface area contributed by atoms with E-state index in [1.54, 1.807) is 0 Å². The topological polar surface area (TPSA) is 196 Å². The number of hydrogen-bond acceptors (Lipinski definition) is 10. The number of likely N-dealkylation sites (N-methyl/N-ethyl adjacent to an activating group) is 1. The average Bonchev–Trinajstić information content (AvgIpc) is 2.75. The normalized spacial score (nSPS) is 27.6. The lowest BCUT2D eigenvalue weighted by atomic mass is 9.57. The number of primary amides is 1. The van der Waals surface area contributed by atoms with Crippen LogP contribution in [0.3, 0.4) is 0 Å². The van der Waals surface area contributed by atoms with E-state index in [-0.39, 0.29) is 40.7 Å². The second-order valence-corrected chi connectivity index (χ2v) is 9.75. The molecule has 0 bridgehead atoms. The number of fused-ring (bicyclic) bond motifs is 3. The Kier molecular flexibility index (Phi) is 5.69. The van der Waals surface area contributed by atoms with Crippen LogP contribution >= 0.6 is 0 Å². The molecular formula is C25H26N2O9. The fourth-order valence-electron chi connectivity index (χ4n) is 5.89. The first-order valence-electron chi connectivity index (χ1n) is 11.2. The van der Waals surface area contributed by atoms with Crippen molar-refractivity contribution >= 4 is 34.8 Å². The van der Waals surface area contributed by atoms with Gasteiger partial charge in [0.2, 0.25) is 5.78 Å². The SMILES string of the molecule is CC(=O)c1cc(C(C)=O)c2c(c1O)C(O)=C1C(=O)C3(O)C(O)=C(C(N)=O)C(=O)C(N(C)C)C3CC1C2. The van der Waals surface area contributed by atoms with Crippen LogP contribution in [0.1, 0.15) is 52.1 Å². The highest BCUT2D eigenvalue weighted by atomic mass is 16.3. The molecule has 190 valence electrons. The smallest absolute Gasteiger partial charge is 0.255 e. The van der Waals surface area contributed by atoms with E-state index < -0.39 is 75.4 Å². The van der Waals surface area contributed by atoms with Gasteiger partial charge in [-0.15, -0.1) is 0 Å². The summed E-state index contributed by atoms with van der Waals surface area (Å²) in [6.45, 7) is 2.42. The number of carbonyl (C=O) groups is 5. The lowest BCUT2D eigenvalue weighted by molar-refractivity contribution is -0.153. The average molecular weight is 498 g/mol. The largest absolute Gasteiger partial charge is 0.508 e. The Labute approximate surface area is 205 Å². The van der Waals surface area contributed by atoms with E-state index in [9.17, 15) is 44.4 Å². The number of nitrogens with two attached hydrogens (primary N) is 1. The first-order valence-corrected chi connectivity index (χ1v) is 11.2. The number of Topliss-reactive ketones (excluding diaryl/α,β-unsaturated/α-hetero) is 4. The maximum absolute atomic E-state index is 13.8. The molecule has 4 unspecified atom stereocenters. The van der Waals surface area contributed by atoms with Crippen molar-refractivity contribution in [3.05, 3.63) is 45.2 Å². The van der Waals surface area contributed by atoms with Gasteiger partial charge in [-0.3, -0.25) is 28.9 Å². The van der Waals surface area contributed by atoms with E-state index >= 15 is 0 Å². The number of aromatic hydroxyl groups is 1. The predicted molar refractivity (Wildman–Crippen MR) is 124 cm³/mol. The number of amides is 1. The molecule has 1 aromatic rings. The van der Waals surface area contributed by atoms with Gasteiger partial charge in [-0.05, 0) is 58.3 Å². The van der Waals surface area contributed by atoms with Crippen molar-refractivity contribution in [3.63, 3.8) is 0 Å². The first-order chi connectivity index (χ1) is 16.7. The van der Waals surface area contributed by atoms with Crippen LogP contribution < -0.4 is 5.73 Å². The Balaban J connectivity index is 2.04. The summed E-state index contributed by atoms with van der Waals surface area (Å²) in [5, 5.41) is 44.4. The third kappa shape index (κ3) is 3.16. The highest BCUT2D eigenvalue weighted by Crippen LogP contribution is 2.53. The van der Waals surface area contributed by atoms with Crippen LogP contribution in [0.5, 0.6) is 5.75 Å².